The third-order valence-electron chi connectivity index (χ3n) is 7.32. The topological polar surface area (TPSA) is 139 Å². The van der Waals surface area contributed by atoms with Gasteiger partial charge in [0, 0.05) is 56.4 Å². The van der Waals surface area contributed by atoms with Gasteiger partial charge < -0.3 is 19.7 Å². The van der Waals surface area contributed by atoms with Crippen molar-refractivity contribution < 1.29 is 27.1 Å². The summed E-state index contributed by atoms with van der Waals surface area (Å²) in [6.07, 6.45) is 4.51. The number of nitrogens with one attached hydrogen (secondary N) is 2. The van der Waals surface area contributed by atoms with Crippen LogP contribution in [-0.2, 0) is 14.9 Å². The summed E-state index contributed by atoms with van der Waals surface area (Å²) in [6, 6.07) is 11.4. The summed E-state index contributed by atoms with van der Waals surface area (Å²) in [5.74, 6) is 0.299. The van der Waals surface area contributed by atoms with Crippen LogP contribution in [0.3, 0.4) is 0 Å². The lowest BCUT2D eigenvalue weighted by atomic mass is 10.0. The molecule has 5 rings (SSSR count). The lowest BCUT2D eigenvalue weighted by Crippen LogP contribution is -2.47. The molecule has 1 amide bonds. The number of piperidine rings is 1. The van der Waals surface area contributed by atoms with Crippen LogP contribution in [0.15, 0.2) is 54.9 Å². The Bertz CT molecular complexity index is 1860. The third-order valence-corrected chi connectivity index (χ3v) is 8.74. The van der Waals surface area contributed by atoms with Crippen LogP contribution in [0.2, 0.25) is 0 Å². The lowest BCUT2D eigenvalue weighted by Gasteiger charge is -2.34. The first-order valence-electron chi connectivity index (χ1n) is 14.8. The van der Waals surface area contributed by atoms with Gasteiger partial charge in [0.1, 0.15) is 17.2 Å². The van der Waals surface area contributed by atoms with Gasteiger partial charge >= 0.3 is 16.3 Å². The van der Waals surface area contributed by atoms with Gasteiger partial charge in [0.25, 0.3) is 0 Å². The van der Waals surface area contributed by atoms with E-state index in [0.717, 1.165) is 22.7 Å². The van der Waals surface area contributed by atoms with Crippen molar-refractivity contribution in [2.24, 2.45) is 0 Å². The molecule has 46 heavy (non-hydrogen) atoms. The Morgan fingerprint density at radius 3 is 2.57 bits per heavy atom. The van der Waals surface area contributed by atoms with E-state index in [1.165, 1.54) is 20.2 Å². The van der Waals surface area contributed by atoms with Crippen molar-refractivity contribution in [3.63, 3.8) is 0 Å². The Labute approximate surface area is 268 Å². The molecule has 0 aliphatic carbocycles. The number of likely N-dealkylation sites (tertiary alicyclic amines) is 1. The average Bonchev–Trinajstić information content (AvgIpc) is 2.99. The van der Waals surface area contributed by atoms with Crippen LogP contribution in [0.25, 0.3) is 22.0 Å². The van der Waals surface area contributed by atoms with Gasteiger partial charge in [-0.25, -0.2) is 24.1 Å². The third kappa shape index (κ3) is 7.45. The van der Waals surface area contributed by atoms with Gasteiger partial charge in [-0.2, -0.15) is 12.7 Å². The molecule has 1 aliphatic heterocycles. The second-order valence-corrected chi connectivity index (χ2v) is 14.1. The SMILES string of the molecule is Cc1ccc2c(NS(=O)(=O)N(C)C)c(F)ccc2c1Oc1ncccc1-c1ccnc(NC2CCCN(C(=O)OC(C)(C)C)C2)n1. The fourth-order valence-electron chi connectivity index (χ4n) is 5.03. The number of hydrogen-bond acceptors (Lipinski definition) is 9. The van der Waals surface area contributed by atoms with Crippen molar-refractivity contribution >= 4 is 38.7 Å². The molecule has 0 saturated carbocycles. The van der Waals surface area contributed by atoms with Gasteiger partial charge in [0.05, 0.1) is 16.9 Å². The van der Waals surface area contributed by atoms with Gasteiger partial charge in [0.2, 0.25) is 11.8 Å². The van der Waals surface area contributed by atoms with E-state index in [0.29, 0.717) is 46.8 Å². The van der Waals surface area contributed by atoms with Crippen molar-refractivity contribution in [1.82, 2.24) is 24.2 Å². The molecule has 1 unspecified atom stereocenters. The maximum Gasteiger partial charge on any atom is 0.410 e. The van der Waals surface area contributed by atoms with Crippen molar-refractivity contribution in [3.8, 4) is 22.9 Å². The zero-order chi connectivity index (χ0) is 33.2. The predicted octanol–water partition coefficient (Wildman–Crippen LogP) is 5.96. The summed E-state index contributed by atoms with van der Waals surface area (Å²) < 4.78 is 55.3. The summed E-state index contributed by atoms with van der Waals surface area (Å²) in [7, 11) is -1.26. The van der Waals surface area contributed by atoms with Crippen LogP contribution in [0, 0.1) is 12.7 Å². The molecule has 2 N–H and O–H groups in total. The molecule has 4 aromatic rings. The quantitative estimate of drug-likeness (QED) is 0.236. The predicted molar refractivity (Wildman–Crippen MR) is 175 cm³/mol. The normalized spacial score (nSPS) is 15.6. The van der Waals surface area contributed by atoms with Gasteiger partial charge in [-0.15, -0.1) is 0 Å². The van der Waals surface area contributed by atoms with Crippen LogP contribution in [-0.4, -0.2) is 77.5 Å². The summed E-state index contributed by atoms with van der Waals surface area (Å²) in [5.41, 5.74) is 1.10. The molecule has 1 atom stereocenters. The fraction of sp³-hybridized carbons (Fsp3) is 0.375. The highest BCUT2D eigenvalue weighted by molar-refractivity contribution is 7.90. The number of nitrogens with zero attached hydrogens (tertiary/aromatic N) is 5. The number of benzene rings is 2. The molecule has 2 aromatic heterocycles. The smallest absolute Gasteiger partial charge is 0.410 e. The molecule has 3 heterocycles. The molecular formula is C32H38FN7O5S. The number of pyridine rings is 1. The number of carbonyl (C=O) groups is 1. The van der Waals surface area contributed by atoms with Crippen molar-refractivity contribution in [2.75, 3.05) is 37.2 Å². The summed E-state index contributed by atoms with van der Waals surface area (Å²) >= 11 is 0. The van der Waals surface area contributed by atoms with Crippen molar-refractivity contribution in [1.29, 1.82) is 0 Å². The Kier molecular flexibility index (Phi) is 9.31. The highest BCUT2D eigenvalue weighted by Gasteiger charge is 2.28. The highest BCUT2D eigenvalue weighted by atomic mass is 32.2. The maximum absolute atomic E-state index is 14.9. The zero-order valence-corrected chi connectivity index (χ0v) is 27.5. The number of aromatic nitrogens is 3. The zero-order valence-electron chi connectivity index (χ0n) is 26.7. The monoisotopic (exact) mass is 651 g/mol. The molecule has 244 valence electrons. The largest absolute Gasteiger partial charge is 0.444 e. The Hall–Kier alpha value is -4.56. The van der Waals surface area contributed by atoms with E-state index in [1.807, 2.05) is 33.8 Å². The first kappa shape index (κ1) is 32.8. The Balaban J connectivity index is 1.42. The van der Waals surface area contributed by atoms with E-state index in [1.54, 1.807) is 47.6 Å². The lowest BCUT2D eigenvalue weighted by molar-refractivity contribution is 0.0206. The van der Waals surface area contributed by atoms with Crippen LogP contribution in [0.5, 0.6) is 11.6 Å². The molecule has 12 nitrogen and oxygen atoms in total. The number of carbonyl (C=O) groups excluding carboxylic acids is 1. The second-order valence-electron chi connectivity index (χ2n) is 12.3. The van der Waals surface area contributed by atoms with E-state index in [9.17, 15) is 17.6 Å². The minimum atomic E-state index is -3.98. The first-order chi connectivity index (χ1) is 21.7. The van der Waals surface area contributed by atoms with Crippen LogP contribution >= 0.6 is 0 Å². The Morgan fingerprint density at radius 1 is 1.07 bits per heavy atom. The first-order valence-corrected chi connectivity index (χ1v) is 16.3. The molecule has 1 fully saturated rings. The molecule has 0 spiro atoms. The summed E-state index contributed by atoms with van der Waals surface area (Å²) in [4.78, 5) is 27.9. The van der Waals surface area contributed by atoms with Crippen molar-refractivity contribution in [3.05, 3.63) is 66.2 Å². The maximum atomic E-state index is 14.9. The number of rotatable bonds is 8. The molecule has 2 aromatic carbocycles. The van der Waals surface area contributed by atoms with Gasteiger partial charge in [-0.3, -0.25) is 4.72 Å². The highest BCUT2D eigenvalue weighted by Crippen LogP contribution is 2.39. The van der Waals surface area contributed by atoms with E-state index in [2.05, 4.69) is 20.0 Å². The van der Waals surface area contributed by atoms with E-state index in [-0.39, 0.29) is 23.7 Å². The number of fused-ring (bicyclic) bond motifs is 1. The van der Waals surface area contributed by atoms with Gasteiger partial charge in [0.15, 0.2) is 0 Å². The molecule has 1 aliphatic rings. The number of ether oxygens (including phenoxy) is 2. The molecule has 1 saturated heterocycles. The summed E-state index contributed by atoms with van der Waals surface area (Å²) in [6.45, 7) is 8.44. The number of hydrogen-bond donors (Lipinski definition) is 2. The van der Waals surface area contributed by atoms with Gasteiger partial charge in [-0.05, 0) is 76.4 Å². The van der Waals surface area contributed by atoms with Crippen molar-refractivity contribution in [2.45, 2.75) is 52.2 Å². The fourth-order valence-corrected chi connectivity index (χ4v) is 5.68. The average molecular weight is 652 g/mol. The van der Waals surface area contributed by atoms with Crippen LogP contribution in [0.4, 0.5) is 20.8 Å². The van der Waals surface area contributed by atoms with Crippen LogP contribution in [0.1, 0.15) is 39.2 Å². The standard InChI is InChI=1S/C32H38FN7O5S/c1-20-11-12-22-23(13-14-25(33)27(22)38-46(42,43)39(5)6)28(20)44-29-24(10-7-16-34-29)26-15-17-35-30(37-26)36-21-9-8-18-40(19-21)31(41)45-32(2,3)4/h7,10-17,21,38H,8-9,18-19H2,1-6H3,(H,35,36,37). The van der Waals surface area contributed by atoms with E-state index < -0.39 is 21.6 Å². The molecular weight excluding hydrogens is 613 g/mol. The van der Waals surface area contributed by atoms with Gasteiger partial charge in [-0.1, -0.05) is 12.1 Å². The second kappa shape index (κ2) is 13.0. The van der Waals surface area contributed by atoms with E-state index in [4.69, 9.17) is 14.5 Å². The Morgan fingerprint density at radius 2 is 1.83 bits per heavy atom. The number of anilines is 2. The van der Waals surface area contributed by atoms with E-state index >= 15 is 0 Å². The molecule has 0 bridgehead atoms. The molecule has 0 radical (unpaired) electrons. The number of aryl methyl sites for hydroxylation is 1. The number of amides is 1. The van der Waals surface area contributed by atoms with Crippen LogP contribution < -0.4 is 14.8 Å². The minimum absolute atomic E-state index is 0.0704. The summed E-state index contributed by atoms with van der Waals surface area (Å²) in [5, 5.41) is 4.17. The number of halogens is 1. The minimum Gasteiger partial charge on any atom is -0.444 e. The molecule has 14 heteroatoms.